The van der Waals surface area contributed by atoms with Gasteiger partial charge in [0.1, 0.15) is 12.6 Å². The second-order valence-corrected chi connectivity index (χ2v) is 9.34. The Morgan fingerprint density at radius 1 is 1.32 bits per heavy atom. The molecular formula is C15H19N4O2P. The Hall–Kier alpha value is -1.65. The van der Waals surface area contributed by atoms with Gasteiger partial charge in [-0.3, -0.25) is 0 Å². The van der Waals surface area contributed by atoms with E-state index in [1.165, 1.54) is 0 Å². The fraction of sp³-hybridized carbons (Fsp3) is 0.467. The molecular weight excluding hydrogens is 299 g/mol. The van der Waals surface area contributed by atoms with Gasteiger partial charge in [-0.1, -0.05) is 6.07 Å². The molecule has 22 heavy (non-hydrogen) atoms. The quantitative estimate of drug-likeness (QED) is 0.682. The summed E-state index contributed by atoms with van der Waals surface area (Å²) in [6, 6.07) is 5.80. The molecule has 1 atom stereocenters. The second kappa shape index (κ2) is 4.93. The van der Waals surface area contributed by atoms with Gasteiger partial charge in [-0.05, 0) is 44.7 Å². The van der Waals surface area contributed by atoms with Crippen LogP contribution in [0.1, 0.15) is 25.5 Å². The maximum absolute atomic E-state index is 12.5. The first-order chi connectivity index (χ1) is 10.6. The molecule has 0 radical (unpaired) electrons. The molecule has 0 aromatic carbocycles. The van der Waals surface area contributed by atoms with Crippen molar-refractivity contribution < 1.29 is 9.30 Å². The monoisotopic (exact) mass is 318 g/mol. The SMILES string of the molecule is CP(C)(=O)c1cccc2c3cnn(C4CCCCO4)c3nn12. The standard InChI is InChI=1S/C15H19N4O2P/c1-22(2,20)14-8-5-6-12-11-10-16-19(15(11)17-18(12)14)13-7-3-4-9-21-13/h5-6,8,10,13H,3-4,7,9H2,1-2H3. The summed E-state index contributed by atoms with van der Waals surface area (Å²) in [4.78, 5) is 0. The average molecular weight is 318 g/mol. The first kappa shape index (κ1) is 14.0. The van der Waals surface area contributed by atoms with E-state index in [9.17, 15) is 4.57 Å². The van der Waals surface area contributed by atoms with Gasteiger partial charge >= 0.3 is 0 Å². The molecule has 1 saturated heterocycles. The van der Waals surface area contributed by atoms with E-state index in [4.69, 9.17) is 4.74 Å². The molecule has 0 amide bonds. The molecule has 6 nitrogen and oxygen atoms in total. The summed E-state index contributed by atoms with van der Waals surface area (Å²) in [5.74, 6) is 0. The molecule has 1 aliphatic rings. The molecule has 0 bridgehead atoms. The van der Waals surface area contributed by atoms with Crippen molar-refractivity contribution in [1.82, 2.24) is 19.4 Å². The molecule has 4 rings (SSSR count). The van der Waals surface area contributed by atoms with Gasteiger partial charge in [0.05, 0.1) is 17.1 Å². The van der Waals surface area contributed by atoms with Gasteiger partial charge in [-0.15, -0.1) is 5.10 Å². The lowest BCUT2D eigenvalue weighted by Crippen LogP contribution is -2.20. The van der Waals surface area contributed by atoms with Crippen molar-refractivity contribution in [3.05, 3.63) is 24.4 Å². The van der Waals surface area contributed by atoms with E-state index in [2.05, 4.69) is 10.2 Å². The highest BCUT2D eigenvalue weighted by atomic mass is 31.2. The van der Waals surface area contributed by atoms with Crippen LogP contribution < -0.4 is 5.44 Å². The van der Waals surface area contributed by atoms with E-state index < -0.39 is 7.14 Å². The van der Waals surface area contributed by atoms with E-state index in [0.29, 0.717) is 0 Å². The van der Waals surface area contributed by atoms with Crippen LogP contribution in [0.5, 0.6) is 0 Å². The predicted molar refractivity (Wildman–Crippen MR) is 86.4 cm³/mol. The fourth-order valence-electron chi connectivity index (χ4n) is 3.06. The Morgan fingerprint density at radius 2 is 2.18 bits per heavy atom. The normalized spacial score (nSPS) is 20.0. The van der Waals surface area contributed by atoms with Gasteiger partial charge in [0.15, 0.2) is 11.9 Å². The van der Waals surface area contributed by atoms with Gasteiger partial charge in [-0.25, -0.2) is 9.20 Å². The third-order valence-corrected chi connectivity index (χ3v) is 5.61. The molecule has 1 unspecified atom stereocenters. The van der Waals surface area contributed by atoms with Crippen molar-refractivity contribution in [1.29, 1.82) is 0 Å². The number of nitrogens with zero attached hydrogens (tertiary/aromatic N) is 4. The zero-order valence-electron chi connectivity index (χ0n) is 12.8. The third-order valence-electron chi connectivity index (χ3n) is 4.16. The van der Waals surface area contributed by atoms with E-state index >= 15 is 0 Å². The summed E-state index contributed by atoms with van der Waals surface area (Å²) in [5.41, 5.74) is 2.50. The van der Waals surface area contributed by atoms with Gasteiger partial charge in [0.25, 0.3) is 0 Å². The molecule has 3 aromatic heterocycles. The summed E-state index contributed by atoms with van der Waals surface area (Å²) < 4.78 is 22.0. The molecule has 1 aliphatic heterocycles. The smallest absolute Gasteiger partial charge is 0.183 e. The molecule has 7 heteroatoms. The number of hydrogen-bond donors (Lipinski definition) is 0. The zero-order chi connectivity index (χ0) is 15.3. The minimum Gasteiger partial charge on any atom is -0.356 e. The molecule has 4 heterocycles. The van der Waals surface area contributed by atoms with Crippen molar-refractivity contribution in [2.24, 2.45) is 0 Å². The minimum absolute atomic E-state index is 0.0466. The number of pyridine rings is 1. The summed E-state index contributed by atoms with van der Waals surface area (Å²) in [6.45, 7) is 4.30. The maximum atomic E-state index is 12.5. The van der Waals surface area contributed by atoms with Crippen LogP contribution in [-0.2, 0) is 9.30 Å². The van der Waals surface area contributed by atoms with Gasteiger partial charge in [0.2, 0.25) is 0 Å². The fourth-order valence-corrected chi connectivity index (χ4v) is 4.12. The van der Waals surface area contributed by atoms with Crippen LogP contribution in [0, 0.1) is 0 Å². The van der Waals surface area contributed by atoms with Crippen LogP contribution in [0.3, 0.4) is 0 Å². The zero-order valence-corrected chi connectivity index (χ0v) is 13.7. The maximum Gasteiger partial charge on any atom is 0.183 e. The lowest BCUT2D eigenvalue weighted by atomic mass is 10.2. The lowest BCUT2D eigenvalue weighted by Gasteiger charge is -2.22. The highest BCUT2D eigenvalue weighted by molar-refractivity contribution is 7.69. The van der Waals surface area contributed by atoms with Crippen LogP contribution in [-0.4, -0.2) is 39.3 Å². The number of aromatic nitrogens is 4. The molecule has 0 aliphatic carbocycles. The van der Waals surface area contributed by atoms with Crippen molar-refractivity contribution >= 4 is 29.1 Å². The predicted octanol–water partition coefficient (Wildman–Crippen LogP) is 2.63. The summed E-state index contributed by atoms with van der Waals surface area (Å²) >= 11 is 0. The van der Waals surface area contributed by atoms with Gasteiger partial charge < -0.3 is 9.30 Å². The molecule has 1 fully saturated rings. The molecule has 0 spiro atoms. The summed E-state index contributed by atoms with van der Waals surface area (Å²) in [6.07, 6.45) is 4.98. The third kappa shape index (κ3) is 2.09. The topological polar surface area (TPSA) is 61.4 Å². The lowest BCUT2D eigenvalue weighted by molar-refractivity contribution is -0.0370. The van der Waals surface area contributed by atoms with Crippen LogP contribution in [0.4, 0.5) is 0 Å². The van der Waals surface area contributed by atoms with Crippen LogP contribution in [0.2, 0.25) is 0 Å². The minimum atomic E-state index is -2.40. The van der Waals surface area contributed by atoms with Crippen molar-refractivity contribution in [2.45, 2.75) is 25.5 Å². The molecule has 0 N–H and O–H groups in total. The van der Waals surface area contributed by atoms with Gasteiger partial charge in [0, 0.05) is 6.61 Å². The number of rotatable bonds is 2. The van der Waals surface area contributed by atoms with Crippen LogP contribution in [0.25, 0.3) is 16.6 Å². The van der Waals surface area contributed by atoms with E-state index in [1.54, 1.807) is 17.8 Å². The van der Waals surface area contributed by atoms with E-state index in [1.807, 2.05) is 29.1 Å². The molecule has 0 saturated carbocycles. The second-order valence-electron chi connectivity index (χ2n) is 6.18. The Bertz CT molecular complexity index is 886. The Morgan fingerprint density at radius 3 is 2.91 bits per heavy atom. The highest BCUT2D eigenvalue weighted by Gasteiger charge is 2.23. The summed E-state index contributed by atoms with van der Waals surface area (Å²) in [5, 5.41) is 10.1. The Balaban J connectivity index is 1.94. The first-order valence-electron chi connectivity index (χ1n) is 7.58. The largest absolute Gasteiger partial charge is 0.356 e. The highest BCUT2D eigenvalue weighted by Crippen LogP contribution is 2.35. The van der Waals surface area contributed by atoms with Crippen molar-refractivity contribution in [3.8, 4) is 0 Å². The first-order valence-corrected chi connectivity index (χ1v) is 10.2. The van der Waals surface area contributed by atoms with Crippen LogP contribution >= 0.6 is 7.14 Å². The molecule has 116 valence electrons. The van der Waals surface area contributed by atoms with Crippen molar-refractivity contribution in [2.75, 3.05) is 19.9 Å². The van der Waals surface area contributed by atoms with E-state index in [-0.39, 0.29) is 6.23 Å². The number of fused-ring (bicyclic) bond motifs is 3. The summed E-state index contributed by atoms with van der Waals surface area (Å²) in [7, 11) is -2.40. The Kier molecular flexibility index (Phi) is 3.13. The molecule has 3 aromatic rings. The number of ether oxygens (including phenoxy) is 1. The van der Waals surface area contributed by atoms with Gasteiger partial charge in [-0.2, -0.15) is 5.10 Å². The van der Waals surface area contributed by atoms with E-state index in [0.717, 1.165) is 47.9 Å². The average Bonchev–Trinajstić information content (AvgIpc) is 3.05. The number of hydrogen-bond acceptors (Lipinski definition) is 4. The van der Waals surface area contributed by atoms with Crippen LogP contribution in [0.15, 0.2) is 24.4 Å². The van der Waals surface area contributed by atoms with Crippen molar-refractivity contribution in [3.63, 3.8) is 0 Å². The Labute approximate surface area is 128 Å².